The van der Waals surface area contributed by atoms with Gasteiger partial charge >= 0.3 is 0 Å². The Kier molecular flexibility index (Phi) is 4.58. The van der Waals surface area contributed by atoms with Gasteiger partial charge in [-0.05, 0) is 37.1 Å². The second-order valence-corrected chi connectivity index (χ2v) is 5.84. The monoisotopic (exact) mass is 306 g/mol. The average Bonchev–Trinajstić information content (AvgIpc) is 2.86. The largest absolute Gasteiger partial charge is 0.439 e. The molecule has 0 saturated heterocycles. The molecule has 112 valence electrons. The van der Waals surface area contributed by atoms with Gasteiger partial charge < -0.3 is 9.52 Å². The first-order valence-electron chi connectivity index (χ1n) is 7.32. The molecule has 0 radical (unpaired) electrons. The molecule has 0 unspecified atom stereocenters. The van der Waals surface area contributed by atoms with E-state index in [4.69, 9.17) is 16.0 Å². The van der Waals surface area contributed by atoms with Gasteiger partial charge in [-0.25, -0.2) is 4.98 Å². The lowest BCUT2D eigenvalue weighted by Crippen LogP contribution is -2.41. The second-order valence-electron chi connectivity index (χ2n) is 5.40. The summed E-state index contributed by atoms with van der Waals surface area (Å²) in [4.78, 5) is 6.61. The molecule has 3 rings (SSSR count). The van der Waals surface area contributed by atoms with E-state index in [0.29, 0.717) is 30.0 Å². The molecule has 1 saturated carbocycles. The number of rotatable bonds is 6. The molecular weight excluding hydrogens is 288 g/mol. The maximum absolute atomic E-state index is 9.19. The first kappa shape index (κ1) is 14.6. The van der Waals surface area contributed by atoms with Crippen LogP contribution in [0.1, 0.15) is 25.2 Å². The van der Waals surface area contributed by atoms with Crippen LogP contribution in [0.25, 0.3) is 11.3 Å². The molecule has 4 nitrogen and oxygen atoms in total. The van der Waals surface area contributed by atoms with Crippen LogP contribution >= 0.6 is 11.6 Å². The third-order valence-corrected chi connectivity index (χ3v) is 4.25. The fourth-order valence-electron chi connectivity index (χ4n) is 2.58. The molecule has 0 spiro atoms. The van der Waals surface area contributed by atoms with E-state index in [-0.39, 0.29) is 6.61 Å². The van der Waals surface area contributed by atoms with Crippen LogP contribution in [0.4, 0.5) is 0 Å². The summed E-state index contributed by atoms with van der Waals surface area (Å²) in [5.74, 6) is 1.44. The number of oxazole rings is 1. The number of nitrogens with zero attached hydrogens (tertiary/aromatic N) is 2. The SMILES string of the molecule is OCCN(Cc1ncc(-c2ccc(Cl)cc2)o1)C1CCC1. The van der Waals surface area contributed by atoms with E-state index in [1.807, 2.05) is 24.3 Å². The van der Waals surface area contributed by atoms with Gasteiger partial charge in [0.15, 0.2) is 5.76 Å². The number of halogens is 1. The maximum atomic E-state index is 9.19. The molecule has 21 heavy (non-hydrogen) atoms. The van der Waals surface area contributed by atoms with Gasteiger partial charge in [0, 0.05) is 23.2 Å². The number of benzene rings is 1. The number of hydrogen-bond acceptors (Lipinski definition) is 4. The molecule has 0 aliphatic heterocycles. The zero-order valence-electron chi connectivity index (χ0n) is 11.8. The lowest BCUT2D eigenvalue weighted by atomic mass is 9.91. The Balaban J connectivity index is 1.70. The predicted octanol–water partition coefficient (Wildman–Crippen LogP) is 3.34. The van der Waals surface area contributed by atoms with Crippen molar-refractivity contribution in [2.24, 2.45) is 0 Å². The Morgan fingerprint density at radius 2 is 2.05 bits per heavy atom. The topological polar surface area (TPSA) is 49.5 Å². The van der Waals surface area contributed by atoms with E-state index in [9.17, 15) is 5.11 Å². The first-order chi connectivity index (χ1) is 10.3. The Bertz CT molecular complexity index is 578. The third-order valence-electron chi connectivity index (χ3n) is 4.00. The number of aliphatic hydroxyl groups excluding tert-OH is 1. The molecule has 1 aliphatic rings. The minimum atomic E-state index is 0.168. The van der Waals surface area contributed by atoms with E-state index >= 15 is 0 Å². The Hall–Kier alpha value is -1.36. The fourth-order valence-corrected chi connectivity index (χ4v) is 2.70. The summed E-state index contributed by atoms with van der Waals surface area (Å²) in [6.07, 6.45) is 5.42. The van der Waals surface area contributed by atoms with Gasteiger partial charge in [-0.2, -0.15) is 0 Å². The van der Waals surface area contributed by atoms with Crippen molar-refractivity contribution in [3.05, 3.63) is 41.4 Å². The van der Waals surface area contributed by atoms with Crippen LogP contribution in [0.3, 0.4) is 0 Å². The third kappa shape index (κ3) is 3.46. The van der Waals surface area contributed by atoms with E-state index < -0.39 is 0 Å². The van der Waals surface area contributed by atoms with Gasteiger partial charge in [0.05, 0.1) is 19.3 Å². The van der Waals surface area contributed by atoms with Gasteiger partial charge in [-0.15, -0.1) is 0 Å². The van der Waals surface area contributed by atoms with Crippen molar-refractivity contribution in [2.75, 3.05) is 13.2 Å². The van der Waals surface area contributed by atoms with Crippen molar-refractivity contribution in [1.29, 1.82) is 0 Å². The van der Waals surface area contributed by atoms with E-state index in [1.54, 1.807) is 6.20 Å². The molecule has 0 atom stereocenters. The highest BCUT2D eigenvalue weighted by Crippen LogP contribution is 2.27. The molecule has 1 aromatic carbocycles. The lowest BCUT2D eigenvalue weighted by molar-refractivity contribution is 0.0863. The van der Waals surface area contributed by atoms with Crippen LogP contribution < -0.4 is 0 Å². The maximum Gasteiger partial charge on any atom is 0.209 e. The molecule has 1 fully saturated rings. The quantitative estimate of drug-likeness (QED) is 0.889. The van der Waals surface area contributed by atoms with E-state index in [1.165, 1.54) is 19.3 Å². The molecule has 1 aromatic heterocycles. The van der Waals surface area contributed by atoms with Gasteiger partial charge in [0.2, 0.25) is 5.89 Å². The van der Waals surface area contributed by atoms with Crippen molar-refractivity contribution in [3.8, 4) is 11.3 Å². The molecule has 0 amide bonds. The standard InChI is InChI=1S/C16H19ClN2O2/c17-13-6-4-12(5-7-13)15-10-18-16(21-15)11-19(8-9-20)14-2-1-3-14/h4-7,10,14,20H,1-3,8-9,11H2. The van der Waals surface area contributed by atoms with Crippen LogP contribution in [0.2, 0.25) is 5.02 Å². The number of aliphatic hydroxyl groups is 1. The van der Waals surface area contributed by atoms with Crippen molar-refractivity contribution >= 4 is 11.6 Å². The lowest BCUT2D eigenvalue weighted by Gasteiger charge is -2.36. The predicted molar refractivity (Wildman–Crippen MR) is 82.1 cm³/mol. The Labute approximate surface area is 129 Å². The average molecular weight is 307 g/mol. The highest BCUT2D eigenvalue weighted by Gasteiger charge is 2.25. The normalized spacial score (nSPS) is 15.4. The van der Waals surface area contributed by atoms with Crippen molar-refractivity contribution in [3.63, 3.8) is 0 Å². The second kappa shape index (κ2) is 6.60. The van der Waals surface area contributed by atoms with Crippen molar-refractivity contribution in [1.82, 2.24) is 9.88 Å². The summed E-state index contributed by atoms with van der Waals surface area (Å²) in [7, 11) is 0. The zero-order valence-corrected chi connectivity index (χ0v) is 12.6. The molecule has 2 aromatic rings. The van der Waals surface area contributed by atoms with Crippen molar-refractivity contribution in [2.45, 2.75) is 31.8 Å². The number of aromatic nitrogens is 1. The van der Waals surface area contributed by atoms with Crippen LogP contribution in [-0.2, 0) is 6.54 Å². The summed E-state index contributed by atoms with van der Waals surface area (Å²) in [6, 6.07) is 8.08. The minimum absolute atomic E-state index is 0.168. The van der Waals surface area contributed by atoms with Gasteiger partial charge in [-0.1, -0.05) is 18.0 Å². The smallest absolute Gasteiger partial charge is 0.209 e. The summed E-state index contributed by atoms with van der Waals surface area (Å²) >= 11 is 5.89. The molecule has 1 heterocycles. The fraction of sp³-hybridized carbons (Fsp3) is 0.438. The Morgan fingerprint density at radius 3 is 2.67 bits per heavy atom. The highest BCUT2D eigenvalue weighted by molar-refractivity contribution is 6.30. The molecule has 1 N–H and O–H groups in total. The van der Waals surface area contributed by atoms with E-state index in [2.05, 4.69) is 9.88 Å². The zero-order chi connectivity index (χ0) is 14.7. The molecular formula is C16H19ClN2O2. The Morgan fingerprint density at radius 1 is 1.29 bits per heavy atom. The highest BCUT2D eigenvalue weighted by atomic mass is 35.5. The first-order valence-corrected chi connectivity index (χ1v) is 7.69. The summed E-state index contributed by atoms with van der Waals surface area (Å²) in [6.45, 7) is 1.49. The van der Waals surface area contributed by atoms with Crippen LogP contribution in [-0.4, -0.2) is 34.2 Å². The number of hydrogen-bond donors (Lipinski definition) is 1. The van der Waals surface area contributed by atoms with E-state index in [0.717, 1.165) is 11.3 Å². The summed E-state index contributed by atoms with van der Waals surface area (Å²) < 4.78 is 5.83. The van der Waals surface area contributed by atoms with Crippen LogP contribution in [0.15, 0.2) is 34.9 Å². The molecule has 1 aliphatic carbocycles. The van der Waals surface area contributed by atoms with Gasteiger partial charge in [0.1, 0.15) is 0 Å². The van der Waals surface area contributed by atoms with Gasteiger partial charge in [-0.3, -0.25) is 4.90 Å². The van der Waals surface area contributed by atoms with Crippen molar-refractivity contribution < 1.29 is 9.52 Å². The summed E-state index contributed by atoms with van der Waals surface area (Å²) in [5.41, 5.74) is 0.968. The minimum Gasteiger partial charge on any atom is -0.439 e. The molecule has 5 heteroatoms. The molecule has 0 bridgehead atoms. The summed E-state index contributed by atoms with van der Waals surface area (Å²) in [5, 5.41) is 9.89. The van der Waals surface area contributed by atoms with Crippen LogP contribution in [0.5, 0.6) is 0 Å². The van der Waals surface area contributed by atoms with Crippen LogP contribution in [0, 0.1) is 0 Å². The van der Waals surface area contributed by atoms with Gasteiger partial charge in [0.25, 0.3) is 0 Å².